The average Bonchev–Trinajstić information content (AvgIpc) is 3.48. The highest BCUT2D eigenvalue weighted by Gasteiger charge is 2.48. The first-order valence-corrected chi connectivity index (χ1v) is 14.0. The van der Waals surface area contributed by atoms with Gasteiger partial charge in [0.2, 0.25) is 5.91 Å². The first-order chi connectivity index (χ1) is 19.3. The molecule has 0 saturated carbocycles. The first-order valence-electron chi connectivity index (χ1n) is 14.0. The minimum absolute atomic E-state index is 0.172. The number of piperidine rings is 1. The molecule has 1 spiro atoms. The van der Waals surface area contributed by atoms with Crippen LogP contribution in [-0.4, -0.2) is 69.6 Å². The van der Waals surface area contributed by atoms with E-state index in [-0.39, 0.29) is 17.7 Å². The van der Waals surface area contributed by atoms with Gasteiger partial charge in [0, 0.05) is 32.2 Å². The van der Waals surface area contributed by atoms with Crippen molar-refractivity contribution >= 4 is 34.8 Å². The molecule has 0 bridgehead atoms. The second kappa shape index (κ2) is 10.2. The van der Waals surface area contributed by atoms with Gasteiger partial charge in [0.15, 0.2) is 23.2 Å². The lowest BCUT2D eigenvalue weighted by Gasteiger charge is -2.43. The van der Waals surface area contributed by atoms with Gasteiger partial charge in [0.1, 0.15) is 11.9 Å². The lowest BCUT2D eigenvalue weighted by Crippen LogP contribution is -2.47. The molecule has 3 aromatic rings. The van der Waals surface area contributed by atoms with Crippen molar-refractivity contribution in [1.29, 1.82) is 0 Å². The Labute approximate surface area is 232 Å². The Morgan fingerprint density at radius 2 is 2.02 bits per heavy atom. The number of aromatic nitrogens is 4. The number of hydrogen-bond acceptors (Lipinski definition) is 8. The third-order valence-electron chi connectivity index (χ3n) is 9.00. The fourth-order valence-corrected chi connectivity index (χ4v) is 6.56. The number of anilines is 2. The predicted octanol–water partition coefficient (Wildman–Crippen LogP) is 2.99. The predicted molar refractivity (Wildman–Crippen MR) is 149 cm³/mol. The van der Waals surface area contributed by atoms with Crippen LogP contribution in [-0.2, 0) is 16.0 Å². The van der Waals surface area contributed by atoms with Crippen LogP contribution in [0.2, 0.25) is 0 Å². The number of carbonyl (C=O) groups excluding carboxylic acids is 1. The Morgan fingerprint density at radius 3 is 2.73 bits per heavy atom. The first kappa shape index (κ1) is 26.3. The van der Waals surface area contributed by atoms with Crippen molar-refractivity contribution in [2.45, 2.75) is 63.8 Å². The second-order valence-electron chi connectivity index (χ2n) is 11.3. The fraction of sp³-hybridized carbons (Fsp3) is 0.536. The third kappa shape index (κ3) is 4.49. The van der Waals surface area contributed by atoms with Crippen molar-refractivity contribution in [3.05, 3.63) is 41.6 Å². The number of carboxylic acid groups (broad SMARTS) is 1. The van der Waals surface area contributed by atoms with E-state index in [0.717, 1.165) is 63.0 Å². The average molecular weight is 549 g/mol. The van der Waals surface area contributed by atoms with Crippen LogP contribution in [0.5, 0.6) is 0 Å². The topological polar surface area (TPSA) is 152 Å². The van der Waals surface area contributed by atoms with E-state index in [9.17, 15) is 14.7 Å². The van der Waals surface area contributed by atoms with Crippen molar-refractivity contribution < 1.29 is 19.4 Å². The monoisotopic (exact) mass is 548 g/mol. The van der Waals surface area contributed by atoms with E-state index in [2.05, 4.69) is 16.3 Å². The van der Waals surface area contributed by atoms with Crippen molar-refractivity contribution in [3.8, 4) is 0 Å². The lowest BCUT2D eigenvalue weighted by atomic mass is 9.72. The molecule has 40 heavy (non-hydrogen) atoms. The van der Waals surface area contributed by atoms with Gasteiger partial charge in [-0.1, -0.05) is 24.3 Å². The van der Waals surface area contributed by atoms with Crippen LogP contribution >= 0.6 is 0 Å². The number of nitrogens with two attached hydrogens (primary N) is 1. The third-order valence-corrected chi connectivity index (χ3v) is 9.00. The van der Waals surface area contributed by atoms with Gasteiger partial charge in [-0.3, -0.25) is 4.79 Å². The Bertz CT molecular complexity index is 1430. The van der Waals surface area contributed by atoms with Gasteiger partial charge in [-0.05, 0) is 56.6 Å². The van der Waals surface area contributed by atoms with E-state index in [0.29, 0.717) is 23.6 Å². The minimum Gasteiger partial charge on any atom is -0.465 e. The van der Waals surface area contributed by atoms with E-state index in [1.807, 2.05) is 18.2 Å². The maximum Gasteiger partial charge on any atom is 0.405 e. The summed E-state index contributed by atoms with van der Waals surface area (Å²) in [6.45, 7) is 3.85. The smallest absolute Gasteiger partial charge is 0.405 e. The molecule has 1 aliphatic carbocycles. The molecule has 2 aromatic heterocycles. The number of nitrogens with one attached hydrogen (secondary N) is 1. The summed E-state index contributed by atoms with van der Waals surface area (Å²) in [4.78, 5) is 37.4. The lowest BCUT2D eigenvalue weighted by molar-refractivity contribution is -0.118. The van der Waals surface area contributed by atoms with Gasteiger partial charge in [0.25, 0.3) is 0 Å². The number of nitrogens with zero attached hydrogens (tertiary/aromatic N) is 6. The SMILES string of the molecule is CC(C(N)=O)N(C)c1nn(C2CCCCO2)c2nc(N3CCC4(CC3)Cc3ccccc3[C@H]4NC(=O)O)cnc12. The number of fused-ring (bicyclic) bond motifs is 2. The van der Waals surface area contributed by atoms with Gasteiger partial charge in [0.05, 0.1) is 12.2 Å². The Balaban J connectivity index is 1.30. The van der Waals surface area contributed by atoms with Crippen LogP contribution in [0.4, 0.5) is 16.4 Å². The van der Waals surface area contributed by atoms with Crippen molar-refractivity contribution in [1.82, 2.24) is 25.1 Å². The number of ether oxygens (including phenoxy) is 1. The summed E-state index contributed by atoms with van der Waals surface area (Å²) < 4.78 is 7.85. The van der Waals surface area contributed by atoms with Crippen molar-refractivity contribution in [2.24, 2.45) is 11.1 Å². The summed E-state index contributed by atoms with van der Waals surface area (Å²) in [5.41, 5.74) is 8.92. The van der Waals surface area contributed by atoms with Crippen LogP contribution < -0.4 is 20.9 Å². The maximum absolute atomic E-state index is 11.9. The summed E-state index contributed by atoms with van der Waals surface area (Å²) >= 11 is 0. The number of benzene rings is 1. The molecule has 2 saturated heterocycles. The zero-order valence-electron chi connectivity index (χ0n) is 22.9. The quantitative estimate of drug-likeness (QED) is 0.422. The van der Waals surface area contributed by atoms with E-state index in [4.69, 9.17) is 25.5 Å². The molecule has 12 nitrogen and oxygen atoms in total. The molecule has 2 amide bonds. The molecule has 4 N–H and O–H groups in total. The Kier molecular flexibility index (Phi) is 6.73. The van der Waals surface area contributed by atoms with Crippen LogP contribution in [0.3, 0.4) is 0 Å². The van der Waals surface area contributed by atoms with Crippen molar-refractivity contribution in [2.75, 3.05) is 36.5 Å². The molecule has 2 aliphatic heterocycles. The van der Waals surface area contributed by atoms with Gasteiger partial charge in [-0.2, -0.15) is 0 Å². The van der Waals surface area contributed by atoms with Gasteiger partial charge >= 0.3 is 6.09 Å². The molecule has 3 aliphatic rings. The normalized spacial score (nSPS) is 22.7. The largest absolute Gasteiger partial charge is 0.465 e. The molecule has 212 valence electrons. The summed E-state index contributed by atoms with van der Waals surface area (Å²) in [5.74, 6) is 0.837. The van der Waals surface area contributed by atoms with Crippen LogP contribution in [0.1, 0.15) is 62.4 Å². The van der Waals surface area contributed by atoms with Crippen LogP contribution in [0.15, 0.2) is 30.5 Å². The molecule has 2 fully saturated rings. The highest BCUT2D eigenvalue weighted by Crippen LogP contribution is 2.52. The van der Waals surface area contributed by atoms with E-state index >= 15 is 0 Å². The second-order valence-corrected chi connectivity index (χ2v) is 11.3. The Morgan fingerprint density at radius 1 is 1.25 bits per heavy atom. The number of likely N-dealkylation sites (N-methyl/N-ethyl adjacent to an activating group) is 1. The highest BCUT2D eigenvalue weighted by atomic mass is 16.5. The number of primary amides is 1. The standard InChI is InChI=1S/C28H36N8O4/c1-17(24(29)37)34(2)26-22-25(36(33-26)21-9-5-6-14-40-21)31-20(16-30-22)35-12-10-28(11-13-35)15-18-7-3-4-8-19(18)23(28)32-27(38)39/h3-4,7-8,16-17,21,23,32H,5-6,9-15H2,1-2H3,(H2,29,37)(H,38,39)/t17?,21?,23-/m1/s1. The van der Waals surface area contributed by atoms with Gasteiger partial charge < -0.3 is 30.7 Å². The molecule has 3 atom stereocenters. The van der Waals surface area contributed by atoms with Gasteiger partial charge in [-0.15, -0.1) is 5.10 Å². The van der Waals surface area contributed by atoms with Crippen LogP contribution in [0.25, 0.3) is 11.2 Å². The van der Waals surface area contributed by atoms with E-state index < -0.39 is 18.0 Å². The Hall–Kier alpha value is -3.93. The molecular formula is C28H36N8O4. The van der Waals surface area contributed by atoms with Gasteiger partial charge in [-0.25, -0.2) is 19.4 Å². The summed E-state index contributed by atoms with van der Waals surface area (Å²) in [6.07, 6.45) is 5.87. The number of amides is 2. The zero-order chi connectivity index (χ0) is 28.0. The molecule has 1 aromatic carbocycles. The van der Waals surface area contributed by atoms with E-state index in [1.165, 1.54) is 5.56 Å². The fourth-order valence-electron chi connectivity index (χ4n) is 6.56. The summed E-state index contributed by atoms with van der Waals surface area (Å²) in [5, 5.41) is 17.2. The number of rotatable bonds is 6. The molecular weight excluding hydrogens is 512 g/mol. The minimum atomic E-state index is -0.996. The summed E-state index contributed by atoms with van der Waals surface area (Å²) in [6, 6.07) is 7.34. The van der Waals surface area contributed by atoms with Crippen LogP contribution in [0, 0.1) is 5.41 Å². The zero-order valence-corrected chi connectivity index (χ0v) is 22.9. The molecule has 2 unspecified atom stereocenters. The molecule has 4 heterocycles. The number of hydrogen-bond donors (Lipinski definition) is 3. The highest BCUT2D eigenvalue weighted by molar-refractivity contribution is 5.89. The molecule has 0 radical (unpaired) electrons. The molecule has 6 rings (SSSR count). The summed E-state index contributed by atoms with van der Waals surface area (Å²) in [7, 11) is 1.78. The van der Waals surface area contributed by atoms with E-state index in [1.54, 1.807) is 29.7 Å². The van der Waals surface area contributed by atoms with Crippen molar-refractivity contribution in [3.63, 3.8) is 0 Å². The maximum atomic E-state index is 11.9. The number of carbonyl (C=O) groups is 2. The molecule has 12 heteroatoms.